The molecule has 1 nitrogen and oxygen atoms in total. The number of nitrogens with two attached hydrogens (primary N) is 1. The molecule has 0 saturated heterocycles. The average molecular weight is 217 g/mol. The van der Waals surface area contributed by atoms with E-state index in [4.69, 9.17) is 5.73 Å². The van der Waals surface area contributed by atoms with Crippen molar-refractivity contribution in [2.45, 2.75) is 46.1 Å². The van der Waals surface area contributed by atoms with E-state index < -0.39 is 0 Å². The standard InChI is InChI=1S/C15H23N/c1-4-12(5-2)14(6-3)15(16)13-10-8-7-9-11-13/h7-11,15H,4-6,16H2,1-3H3. The Labute approximate surface area is 99.4 Å². The summed E-state index contributed by atoms with van der Waals surface area (Å²) in [5.74, 6) is 0. The van der Waals surface area contributed by atoms with Crippen LogP contribution >= 0.6 is 0 Å². The third kappa shape index (κ3) is 2.96. The van der Waals surface area contributed by atoms with Crippen molar-refractivity contribution < 1.29 is 0 Å². The summed E-state index contributed by atoms with van der Waals surface area (Å²) >= 11 is 0. The second kappa shape index (κ2) is 6.49. The largest absolute Gasteiger partial charge is 0.321 e. The molecule has 1 aromatic rings. The zero-order valence-electron chi connectivity index (χ0n) is 10.7. The van der Waals surface area contributed by atoms with Gasteiger partial charge in [-0.15, -0.1) is 0 Å². The highest BCUT2D eigenvalue weighted by molar-refractivity contribution is 5.30. The molecule has 0 amide bonds. The van der Waals surface area contributed by atoms with Gasteiger partial charge in [0.05, 0.1) is 6.04 Å². The molecule has 0 aliphatic rings. The van der Waals surface area contributed by atoms with E-state index in [-0.39, 0.29) is 6.04 Å². The molecular formula is C15H23N. The van der Waals surface area contributed by atoms with Gasteiger partial charge in [0.2, 0.25) is 0 Å². The van der Waals surface area contributed by atoms with E-state index in [9.17, 15) is 0 Å². The summed E-state index contributed by atoms with van der Waals surface area (Å²) in [6.45, 7) is 6.63. The molecule has 1 unspecified atom stereocenters. The molecule has 88 valence electrons. The Bertz CT molecular complexity index is 332. The molecule has 1 heteroatoms. The molecule has 0 aliphatic carbocycles. The maximum Gasteiger partial charge on any atom is 0.0513 e. The van der Waals surface area contributed by atoms with E-state index in [0.717, 1.165) is 19.3 Å². The van der Waals surface area contributed by atoms with Crippen LogP contribution in [0.2, 0.25) is 0 Å². The molecule has 0 spiro atoms. The van der Waals surface area contributed by atoms with Crippen molar-refractivity contribution in [1.29, 1.82) is 0 Å². The molecule has 16 heavy (non-hydrogen) atoms. The summed E-state index contributed by atoms with van der Waals surface area (Å²) in [5.41, 5.74) is 10.5. The molecule has 0 heterocycles. The Kier molecular flexibility index (Phi) is 5.27. The van der Waals surface area contributed by atoms with Crippen LogP contribution < -0.4 is 5.73 Å². The van der Waals surface area contributed by atoms with E-state index in [1.807, 2.05) is 6.07 Å². The van der Waals surface area contributed by atoms with Gasteiger partial charge >= 0.3 is 0 Å². The molecule has 0 saturated carbocycles. The SMILES string of the molecule is CCC(CC)=C(CC)C(N)c1ccccc1. The quantitative estimate of drug-likeness (QED) is 0.734. The van der Waals surface area contributed by atoms with Crippen LogP contribution in [0.4, 0.5) is 0 Å². The molecule has 0 aliphatic heterocycles. The second-order valence-corrected chi connectivity index (χ2v) is 4.08. The van der Waals surface area contributed by atoms with Crippen LogP contribution in [0.3, 0.4) is 0 Å². The lowest BCUT2D eigenvalue weighted by Crippen LogP contribution is -2.14. The van der Waals surface area contributed by atoms with Gasteiger partial charge in [0.25, 0.3) is 0 Å². The summed E-state index contributed by atoms with van der Waals surface area (Å²) in [6, 6.07) is 10.4. The van der Waals surface area contributed by atoms with Crippen LogP contribution in [0.15, 0.2) is 41.5 Å². The highest BCUT2D eigenvalue weighted by Gasteiger charge is 2.12. The highest BCUT2D eigenvalue weighted by Crippen LogP contribution is 2.27. The van der Waals surface area contributed by atoms with Crippen molar-refractivity contribution >= 4 is 0 Å². The van der Waals surface area contributed by atoms with Crippen molar-refractivity contribution in [2.75, 3.05) is 0 Å². The van der Waals surface area contributed by atoms with Gasteiger partial charge in [-0.2, -0.15) is 0 Å². The molecule has 2 N–H and O–H groups in total. The maximum absolute atomic E-state index is 6.34. The first-order valence-corrected chi connectivity index (χ1v) is 6.25. The Morgan fingerprint density at radius 2 is 1.56 bits per heavy atom. The summed E-state index contributed by atoms with van der Waals surface area (Å²) in [4.78, 5) is 0. The van der Waals surface area contributed by atoms with Crippen LogP contribution in [-0.2, 0) is 0 Å². The van der Waals surface area contributed by atoms with Gasteiger partial charge in [-0.05, 0) is 24.8 Å². The van der Waals surface area contributed by atoms with Gasteiger partial charge < -0.3 is 5.73 Å². The third-order valence-corrected chi connectivity index (χ3v) is 3.22. The first-order valence-electron chi connectivity index (χ1n) is 6.25. The maximum atomic E-state index is 6.34. The average Bonchev–Trinajstić information content (AvgIpc) is 2.36. The first-order chi connectivity index (χ1) is 7.74. The Morgan fingerprint density at radius 3 is 2.00 bits per heavy atom. The number of benzene rings is 1. The monoisotopic (exact) mass is 217 g/mol. The van der Waals surface area contributed by atoms with Crippen molar-refractivity contribution in [3.63, 3.8) is 0 Å². The second-order valence-electron chi connectivity index (χ2n) is 4.08. The number of allylic oxidation sites excluding steroid dienone is 1. The lowest BCUT2D eigenvalue weighted by molar-refractivity contribution is 0.758. The van der Waals surface area contributed by atoms with Crippen molar-refractivity contribution in [3.05, 3.63) is 47.0 Å². The first kappa shape index (κ1) is 13.0. The minimum atomic E-state index is 0.0705. The number of rotatable bonds is 5. The summed E-state index contributed by atoms with van der Waals surface area (Å²) < 4.78 is 0. The van der Waals surface area contributed by atoms with Crippen LogP contribution in [0.5, 0.6) is 0 Å². The number of hydrogen-bond acceptors (Lipinski definition) is 1. The Morgan fingerprint density at radius 1 is 1.00 bits per heavy atom. The molecule has 1 aromatic carbocycles. The molecule has 0 radical (unpaired) electrons. The molecule has 0 bridgehead atoms. The summed E-state index contributed by atoms with van der Waals surface area (Å²) in [7, 11) is 0. The predicted molar refractivity (Wildman–Crippen MR) is 71.3 cm³/mol. The van der Waals surface area contributed by atoms with Gasteiger partial charge in [0.1, 0.15) is 0 Å². The molecule has 1 rings (SSSR count). The highest BCUT2D eigenvalue weighted by atomic mass is 14.6. The van der Waals surface area contributed by atoms with Crippen LogP contribution in [0, 0.1) is 0 Å². The number of hydrogen-bond donors (Lipinski definition) is 1. The zero-order valence-corrected chi connectivity index (χ0v) is 10.7. The Balaban J connectivity index is 3.02. The van der Waals surface area contributed by atoms with Gasteiger partial charge in [0.15, 0.2) is 0 Å². The molecule has 1 atom stereocenters. The van der Waals surface area contributed by atoms with Gasteiger partial charge in [-0.25, -0.2) is 0 Å². The van der Waals surface area contributed by atoms with E-state index in [2.05, 4.69) is 45.0 Å². The van der Waals surface area contributed by atoms with E-state index >= 15 is 0 Å². The van der Waals surface area contributed by atoms with E-state index in [1.54, 1.807) is 0 Å². The fraction of sp³-hybridized carbons (Fsp3) is 0.467. The normalized spacial score (nSPS) is 12.2. The third-order valence-electron chi connectivity index (χ3n) is 3.22. The van der Waals surface area contributed by atoms with Crippen LogP contribution in [0.1, 0.15) is 51.6 Å². The fourth-order valence-corrected chi connectivity index (χ4v) is 2.26. The van der Waals surface area contributed by atoms with Crippen molar-refractivity contribution in [1.82, 2.24) is 0 Å². The van der Waals surface area contributed by atoms with Gasteiger partial charge in [0, 0.05) is 0 Å². The molecule has 0 aromatic heterocycles. The minimum absolute atomic E-state index is 0.0705. The summed E-state index contributed by atoms with van der Waals surface area (Å²) in [5, 5.41) is 0. The smallest absolute Gasteiger partial charge is 0.0513 e. The van der Waals surface area contributed by atoms with Crippen LogP contribution in [0.25, 0.3) is 0 Å². The zero-order chi connectivity index (χ0) is 12.0. The fourth-order valence-electron chi connectivity index (χ4n) is 2.26. The Hall–Kier alpha value is -1.08. The van der Waals surface area contributed by atoms with Crippen LogP contribution in [-0.4, -0.2) is 0 Å². The summed E-state index contributed by atoms with van der Waals surface area (Å²) in [6.07, 6.45) is 3.27. The van der Waals surface area contributed by atoms with Crippen molar-refractivity contribution in [3.8, 4) is 0 Å². The minimum Gasteiger partial charge on any atom is -0.321 e. The molecule has 0 fully saturated rings. The van der Waals surface area contributed by atoms with E-state index in [0.29, 0.717) is 0 Å². The lowest BCUT2D eigenvalue weighted by atomic mass is 9.91. The van der Waals surface area contributed by atoms with E-state index in [1.165, 1.54) is 16.7 Å². The van der Waals surface area contributed by atoms with Crippen molar-refractivity contribution in [2.24, 2.45) is 5.73 Å². The molecular weight excluding hydrogens is 194 g/mol. The lowest BCUT2D eigenvalue weighted by Gasteiger charge is -2.19. The predicted octanol–water partition coefficient (Wildman–Crippen LogP) is 4.21. The van der Waals surface area contributed by atoms with Gasteiger partial charge in [-0.1, -0.05) is 62.2 Å². The topological polar surface area (TPSA) is 26.0 Å². The van der Waals surface area contributed by atoms with Gasteiger partial charge in [-0.3, -0.25) is 0 Å².